The third-order valence-corrected chi connectivity index (χ3v) is 6.79. The molecule has 0 saturated carbocycles. The summed E-state index contributed by atoms with van der Waals surface area (Å²) in [6, 6.07) is 13.0. The fraction of sp³-hybridized carbons (Fsp3) is 0.286. The summed E-state index contributed by atoms with van der Waals surface area (Å²) in [5.74, 6) is 0.527. The van der Waals surface area contributed by atoms with Crippen LogP contribution in [0.1, 0.15) is 6.92 Å². The number of ether oxygens (including phenoxy) is 2. The molecule has 0 aliphatic carbocycles. The number of carbonyl (C=O) groups excluding carboxylic acids is 1. The molecule has 2 aromatic carbocycles. The number of morpholine rings is 1. The summed E-state index contributed by atoms with van der Waals surface area (Å²) < 4.78 is 42.8. The number of hydrogen-bond donors (Lipinski definition) is 1. The molecule has 2 heterocycles. The summed E-state index contributed by atoms with van der Waals surface area (Å²) in [6.07, 6.45) is 0.470. The van der Waals surface area contributed by atoms with Crippen LogP contribution in [0.2, 0.25) is 0 Å². The summed E-state index contributed by atoms with van der Waals surface area (Å²) in [5, 5.41) is 10.2. The fourth-order valence-electron chi connectivity index (χ4n) is 3.12. The van der Waals surface area contributed by atoms with Gasteiger partial charge in [0.2, 0.25) is 22.3 Å². The van der Waals surface area contributed by atoms with Crippen molar-refractivity contribution in [2.75, 3.05) is 31.6 Å². The lowest BCUT2D eigenvalue weighted by Crippen LogP contribution is -2.40. The number of nitrogens with one attached hydrogen (secondary N) is 1. The van der Waals surface area contributed by atoms with Crippen molar-refractivity contribution in [1.29, 1.82) is 0 Å². The first-order valence-corrected chi connectivity index (χ1v) is 11.4. The molecule has 3 aromatic rings. The lowest BCUT2D eigenvalue weighted by atomic mass is 10.2. The van der Waals surface area contributed by atoms with Crippen molar-refractivity contribution in [3.05, 3.63) is 54.9 Å². The molecule has 11 heteroatoms. The Kier molecular flexibility index (Phi) is 6.49. The Morgan fingerprint density at radius 2 is 1.78 bits per heavy atom. The highest BCUT2D eigenvalue weighted by Crippen LogP contribution is 2.22. The van der Waals surface area contributed by atoms with E-state index in [1.165, 1.54) is 22.8 Å². The molecule has 0 unspecified atom stereocenters. The van der Waals surface area contributed by atoms with Gasteiger partial charge in [0.15, 0.2) is 6.10 Å². The molecule has 4 rings (SSSR count). The van der Waals surface area contributed by atoms with Crippen molar-refractivity contribution in [2.45, 2.75) is 17.9 Å². The minimum absolute atomic E-state index is 0.169. The molecule has 32 heavy (non-hydrogen) atoms. The van der Waals surface area contributed by atoms with Crippen molar-refractivity contribution < 1.29 is 27.1 Å². The molecule has 1 fully saturated rings. The smallest absolute Gasteiger partial charge is 0.265 e. The standard InChI is InChI=1S/C21H22N4O6S/c1-15(31-18-6-2-16(3-7-18)21-24-22-14-30-21)20(26)23-17-4-8-19(9-5-17)32(27,28)25-10-12-29-13-11-25/h2-9,14-15H,10-13H2,1H3,(H,23,26)/t15-/m1/s1. The summed E-state index contributed by atoms with van der Waals surface area (Å²) in [4.78, 5) is 12.7. The zero-order valence-corrected chi connectivity index (χ0v) is 18.1. The fourth-order valence-corrected chi connectivity index (χ4v) is 4.53. The van der Waals surface area contributed by atoms with Gasteiger partial charge >= 0.3 is 0 Å². The number of sulfonamides is 1. The van der Waals surface area contributed by atoms with Gasteiger partial charge in [0.25, 0.3) is 5.91 Å². The van der Waals surface area contributed by atoms with E-state index in [0.717, 1.165) is 5.56 Å². The zero-order chi connectivity index (χ0) is 22.6. The van der Waals surface area contributed by atoms with Crippen molar-refractivity contribution in [2.24, 2.45) is 0 Å². The monoisotopic (exact) mass is 458 g/mol. The number of hydrogen-bond acceptors (Lipinski definition) is 8. The first kappa shape index (κ1) is 21.9. The first-order valence-electron chi connectivity index (χ1n) is 9.95. The lowest BCUT2D eigenvalue weighted by molar-refractivity contribution is -0.122. The maximum Gasteiger partial charge on any atom is 0.265 e. The van der Waals surface area contributed by atoms with Crippen LogP contribution in [-0.4, -0.2) is 61.2 Å². The van der Waals surface area contributed by atoms with Gasteiger partial charge in [0.05, 0.1) is 18.1 Å². The number of carbonyl (C=O) groups is 1. The van der Waals surface area contributed by atoms with Gasteiger partial charge in [-0.3, -0.25) is 4.79 Å². The average Bonchev–Trinajstić information content (AvgIpc) is 3.35. The number of anilines is 1. The zero-order valence-electron chi connectivity index (χ0n) is 17.3. The molecule has 168 valence electrons. The molecule has 0 spiro atoms. The SMILES string of the molecule is C[C@@H](Oc1ccc(-c2nnco2)cc1)C(=O)Nc1ccc(S(=O)(=O)N2CCOCC2)cc1. The van der Waals surface area contributed by atoms with Gasteiger partial charge < -0.3 is 19.2 Å². The Labute approximate surface area is 185 Å². The molecule has 10 nitrogen and oxygen atoms in total. The highest BCUT2D eigenvalue weighted by Gasteiger charge is 2.26. The van der Waals surface area contributed by atoms with Crippen LogP contribution in [0.5, 0.6) is 5.75 Å². The molecule has 1 N–H and O–H groups in total. The highest BCUT2D eigenvalue weighted by atomic mass is 32.2. The van der Waals surface area contributed by atoms with Gasteiger partial charge in [-0.05, 0) is 55.5 Å². The van der Waals surface area contributed by atoms with Crippen molar-refractivity contribution in [3.8, 4) is 17.2 Å². The van der Waals surface area contributed by atoms with Crippen LogP contribution in [0, 0.1) is 0 Å². The quantitative estimate of drug-likeness (QED) is 0.571. The minimum atomic E-state index is -3.58. The molecule has 0 bridgehead atoms. The van der Waals surface area contributed by atoms with Gasteiger partial charge in [-0.1, -0.05) is 0 Å². The maximum absolute atomic E-state index is 12.7. The number of amides is 1. The number of aromatic nitrogens is 2. The molecule has 1 aliphatic rings. The van der Waals surface area contributed by atoms with Crippen LogP contribution >= 0.6 is 0 Å². The first-order chi connectivity index (χ1) is 15.4. The van der Waals surface area contributed by atoms with Crippen molar-refractivity contribution in [3.63, 3.8) is 0 Å². The lowest BCUT2D eigenvalue weighted by Gasteiger charge is -2.26. The number of benzene rings is 2. The maximum atomic E-state index is 12.7. The summed E-state index contributed by atoms with van der Waals surface area (Å²) in [5.41, 5.74) is 1.21. The van der Waals surface area contributed by atoms with Crippen LogP contribution < -0.4 is 10.1 Å². The Morgan fingerprint density at radius 1 is 1.09 bits per heavy atom. The van der Waals surface area contributed by atoms with E-state index in [1.807, 2.05) is 0 Å². The van der Waals surface area contributed by atoms with E-state index < -0.39 is 16.1 Å². The molecule has 1 aliphatic heterocycles. The van der Waals surface area contributed by atoms with Crippen LogP contribution in [0.15, 0.2) is 64.2 Å². The van der Waals surface area contributed by atoms with Crippen LogP contribution in [-0.2, 0) is 19.6 Å². The molecule has 1 amide bonds. The highest BCUT2D eigenvalue weighted by molar-refractivity contribution is 7.89. The van der Waals surface area contributed by atoms with E-state index in [9.17, 15) is 13.2 Å². The van der Waals surface area contributed by atoms with E-state index in [0.29, 0.717) is 43.6 Å². The van der Waals surface area contributed by atoms with E-state index in [-0.39, 0.29) is 10.8 Å². The third kappa shape index (κ3) is 4.96. The molecule has 1 saturated heterocycles. The predicted octanol–water partition coefficient (Wildman–Crippen LogP) is 2.16. The van der Waals surface area contributed by atoms with Crippen LogP contribution in [0.3, 0.4) is 0 Å². The van der Waals surface area contributed by atoms with Crippen LogP contribution in [0.25, 0.3) is 11.5 Å². The predicted molar refractivity (Wildman–Crippen MR) is 114 cm³/mol. The van der Waals surface area contributed by atoms with Crippen molar-refractivity contribution >= 4 is 21.6 Å². The van der Waals surface area contributed by atoms with Gasteiger partial charge in [-0.2, -0.15) is 4.31 Å². The summed E-state index contributed by atoms with van der Waals surface area (Å²) >= 11 is 0. The average molecular weight is 458 g/mol. The molecule has 1 aromatic heterocycles. The van der Waals surface area contributed by atoms with E-state index in [2.05, 4.69) is 15.5 Å². The van der Waals surface area contributed by atoms with Gasteiger partial charge in [-0.15, -0.1) is 10.2 Å². The van der Waals surface area contributed by atoms with Gasteiger partial charge in [0, 0.05) is 24.3 Å². The minimum Gasteiger partial charge on any atom is -0.481 e. The van der Waals surface area contributed by atoms with Gasteiger partial charge in [0.1, 0.15) is 5.75 Å². The molecular formula is C21H22N4O6S. The Bertz CT molecular complexity index is 1140. The normalized spacial score (nSPS) is 15.8. The van der Waals surface area contributed by atoms with E-state index in [1.54, 1.807) is 43.3 Å². The second kappa shape index (κ2) is 9.47. The summed E-state index contributed by atoms with van der Waals surface area (Å²) in [6.45, 7) is 3.03. The Morgan fingerprint density at radius 3 is 2.41 bits per heavy atom. The molecule has 1 atom stereocenters. The Balaban J connectivity index is 1.35. The second-order valence-electron chi connectivity index (χ2n) is 7.06. The van der Waals surface area contributed by atoms with E-state index in [4.69, 9.17) is 13.9 Å². The third-order valence-electron chi connectivity index (χ3n) is 4.87. The summed E-state index contributed by atoms with van der Waals surface area (Å²) in [7, 11) is -3.58. The van der Waals surface area contributed by atoms with Crippen LogP contribution in [0.4, 0.5) is 5.69 Å². The topological polar surface area (TPSA) is 124 Å². The van der Waals surface area contributed by atoms with E-state index >= 15 is 0 Å². The van der Waals surface area contributed by atoms with Gasteiger partial charge in [-0.25, -0.2) is 8.42 Å². The molecular weight excluding hydrogens is 436 g/mol. The number of rotatable bonds is 7. The number of nitrogens with zero attached hydrogens (tertiary/aromatic N) is 3. The van der Waals surface area contributed by atoms with Crippen molar-refractivity contribution in [1.82, 2.24) is 14.5 Å². The largest absolute Gasteiger partial charge is 0.481 e. The Hall–Kier alpha value is -3.28. The molecule has 0 radical (unpaired) electrons. The second-order valence-corrected chi connectivity index (χ2v) is 9.00.